The van der Waals surface area contributed by atoms with Crippen molar-refractivity contribution in [3.05, 3.63) is 47.5 Å². The second-order valence-electron chi connectivity index (χ2n) is 5.83. The summed E-state index contributed by atoms with van der Waals surface area (Å²) in [5.74, 6) is 0.754. The Labute approximate surface area is 136 Å². The number of hydrogen-bond acceptors (Lipinski definition) is 4. The van der Waals surface area contributed by atoms with Crippen molar-refractivity contribution in [2.45, 2.75) is 33.2 Å². The highest BCUT2D eigenvalue weighted by molar-refractivity contribution is 5.76. The second kappa shape index (κ2) is 6.69. The van der Waals surface area contributed by atoms with E-state index < -0.39 is 0 Å². The molecule has 0 saturated carbocycles. The number of unbranched alkanes of at least 4 members (excludes halogenated alkanes) is 1. The Morgan fingerprint density at radius 1 is 1.09 bits per heavy atom. The van der Waals surface area contributed by atoms with Crippen LogP contribution in [0.25, 0.3) is 11.0 Å². The topological polar surface area (TPSA) is 66.0 Å². The number of benzene rings is 2. The van der Waals surface area contributed by atoms with Gasteiger partial charge in [-0.15, -0.1) is 5.10 Å². The lowest BCUT2D eigenvalue weighted by Gasteiger charge is -2.08. The van der Waals surface area contributed by atoms with E-state index in [1.54, 1.807) is 0 Å². The molecular weight excluding hydrogens is 288 g/mol. The maximum absolute atomic E-state index is 5.85. The molecule has 1 heterocycles. The van der Waals surface area contributed by atoms with Gasteiger partial charge in [-0.3, -0.25) is 0 Å². The van der Waals surface area contributed by atoms with E-state index in [1.165, 1.54) is 11.1 Å². The molecule has 3 aromatic rings. The molecule has 2 N–H and O–H groups in total. The number of aryl methyl sites for hydroxylation is 3. The van der Waals surface area contributed by atoms with Crippen molar-refractivity contribution in [1.82, 2.24) is 15.0 Å². The van der Waals surface area contributed by atoms with Crippen LogP contribution in [0, 0.1) is 13.8 Å². The van der Waals surface area contributed by atoms with Crippen LogP contribution in [-0.4, -0.2) is 21.6 Å². The van der Waals surface area contributed by atoms with Gasteiger partial charge in [-0.1, -0.05) is 17.3 Å². The molecule has 0 amide bonds. The van der Waals surface area contributed by atoms with Gasteiger partial charge >= 0.3 is 0 Å². The van der Waals surface area contributed by atoms with Crippen LogP contribution in [0.5, 0.6) is 5.75 Å². The summed E-state index contributed by atoms with van der Waals surface area (Å²) >= 11 is 0. The summed E-state index contributed by atoms with van der Waals surface area (Å²) in [4.78, 5) is 0. The molecule has 0 spiro atoms. The highest BCUT2D eigenvalue weighted by Gasteiger charge is 2.06. The summed E-state index contributed by atoms with van der Waals surface area (Å²) in [7, 11) is 0. The first kappa shape index (κ1) is 15.3. The maximum Gasteiger partial charge on any atom is 0.142 e. The Morgan fingerprint density at radius 3 is 2.70 bits per heavy atom. The van der Waals surface area contributed by atoms with Crippen LogP contribution in [0.4, 0.5) is 5.69 Å². The number of ether oxygens (including phenoxy) is 1. The molecule has 5 heteroatoms. The van der Waals surface area contributed by atoms with E-state index in [-0.39, 0.29) is 0 Å². The van der Waals surface area contributed by atoms with Gasteiger partial charge in [-0.2, -0.15) is 0 Å². The summed E-state index contributed by atoms with van der Waals surface area (Å²) in [6.45, 7) is 5.70. The molecule has 0 atom stereocenters. The van der Waals surface area contributed by atoms with E-state index in [0.29, 0.717) is 12.3 Å². The van der Waals surface area contributed by atoms with Gasteiger partial charge in [0.1, 0.15) is 11.3 Å². The van der Waals surface area contributed by atoms with Gasteiger partial charge in [0.25, 0.3) is 0 Å². The fourth-order valence-corrected chi connectivity index (χ4v) is 2.55. The molecule has 0 unspecified atom stereocenters. The highest BCUT2D eigenvalue weighted by Crippen LogP contribution is 2.20. The molecule has 0 aliphatic rings. The van der Waals surface area contributed by atoms with E-state index in [1.807, 2.05) is 28.9 Å². The molecule has 0 aliphatic carbocycles. The standard InChI is InChI=1S/C18H22N4O/c1-13-11-16-17(12-14(13)2)22(21-20-16)9-5-6-10-23-18-8-4-3-7-15(18)19/h3-4,7-8,11-12H,5-6,9-10,19H2,1-2H3. The van der Waals surface area contributed by atoms with Gasteiger partial charge in [-0.25, -0.2) is 4.68 Å². The molecule has 5 nitrogen and oxygen atoms in total. The number of hydrogen-bond donors (Lipinski definition) is 1. The summed E-state index contributed by atoms with van der Waals surface area (Å²) in [6, 6.07) is 11.8. The van der Waals surface area contributed by atoms with Gasteiger partial charge in [0, 0.05) is 6.54 Å². The molecule has 120 valence electrons. The minimum Gasteiger partial charge on any atom is -0.491 e. The van der Waals surface area contributed by atoms with Gasteiger partial charge < -0.3 is 10.5 Å². The fraction of sp³-hybridized carbons (Fsp3) is 0.333. The zero-order valence-electron chi connectivity index (χ0n) is 13.6. The van der Waals surface area contributed by atoms with Crippen molar-refractivity contribution in [3.8, 4) is 5.75 Å². The number of anilines is 1. The lowest BCUT2D eigenvalue weighted by Crippen LogP contribution is -2.04. The van der Waals surface area contributed by atoms with Crippen molar-refractivity contribution in [1.29, 1.82) is 0 Å². The summed E-state index contributed by atoms with van der Waals surface area (Å²) in [5.41, 5.74) is 11.1. The van der Waals surface area contributed by atoms with Crippen molar-refractivity contribution < 1.29 is 4.74 Å². The molecule has 2 aromatic carbocycles. The number of para-hydroxylation sites is 2. The number of fused-ring (bicyclic) bond motifs is 1. The SMILES string of the molecule is Cc1cc2nnn(CCCCOc3ccccc3N)c2cc1C. The fourth-order valence-electron chi connectivity index (χ4n) is 2.55. The Kier molecular flexibility index (Phi) is 4.46. The number of aromatic nitrogens is 3. The first-order chi connectivity index (χ1) is 11.1. The first-order valence-electron chi connectivity index (χ1n) is 7.93. The van der Waals surface area contributed by atoms with E-state index in [4.69, 9.17) is 10.5 Å². The van der Waals surface area contributed by atoms with Gasteiger partial charge in [-0.05, 0) is 62.1 Å². The molecule has 0 radical (unpaired) electrons. The Balaban J connectivity index is 1.53. The smallest absolute Gasteiger partial charge is 0.142 e. The molecular formula is C18H22N4O. The number of nitrogens with two attached hydrogens (primary N) is 1. The first-order valence-corrected chi connectivity index (χ1v) is 7.93. The van der Waals surface area contributed by atoms with Crippen LogP contribution in [0.1, 0.15) is 24.0 Å². The number of nitrogen functional groups attached to an aromatic ring is 1. The molecule has 0 fully saturated rings. The van der Waals surface area contributed by atoms with Crippen molar-refractivity contribution in [2.75, 3.05) is 12.3 Å². The maximum atomic E-state index is 5.85. The highest BCUT2D eigenvalue weighted by atomic mass is 16.5. The zero-order chi connectivity index (χ0) is 16.2. The average molecular weight is 310 g/mol. The minimum atomic E-state index is 0.652. The van der Waals surface area contributed by atoms with Crippen molar-refractivity contribution in [2.24, 2.45) is 0 Å². The normalized spacial score (nSPS) is 11.0. The Morgan fingerprint density at radius 2 is 1.87 bits per heavy atom. The molecule has 23 heavy (non-hydrogen) atoms. The van der Waals surface area contributed by atoms with Crippen LogP contribution in [0.2, 0.25) is 0 Å². The van der Waals surface area contributed by atoms with Crippen LogP contribution in [0.15, 0.2) is 36.4 Å². The molecule has 1 aromatic heterocycles. The predicted octanol–water partition coefficient (Wildman–Crippen LogP) is 3.49. The van der Waals surface area contributed by atoms with Crippen molar-refractivity contribution >= 4 is 16.7 Å². The molecule has 0 aliphatic heterocycles. The van der Waals surface area contributed by atoms with Crippen LogP contribution < -0.4 is 10.5 Å². The van der Waals surface area contributed by atoms with E-state index in [0.717, 1.165) is 36.2 Å². The summed E-state index contributed by atoms with van der Waals surface area (Å²) < 4.78 is 7.68. The minimum absolute atomic E-state index is 0.652. The van der Waals surface area contributed by atoms with Crippen LogP contribution >= 0.6 is 0 Å². The van der Waals surface area contributed by atoms with Crippen LogP contribution in [0.3, 0.4) is 0 Å². The summed E-state index contributed by atoms with van der Waals surface area (Å²) in [6.07, 6.45) is 1.93. The van der Waals surface area contributed by atoms with Gasteiger partial charge in [0.05, 0.1) is 17.8 Å². The third kappa shape index (κ3) is 3.44. The Hall–Kier alpha value is -2.56. The molecule has 0 bridgehead atoms. The third-order valence-corrected chi connectivity index (χ3v) is 4.07. The summed E-state index contributed by atoms with van der Waals surface area (Å²) in [5, 5.41) is 8.50. The van der Waals surface area contributed by atoms with E-state index in [9.17, 15) is 0 Å². The third-order valence-electron chi connectivity index (χ3n) is 4.07. The lowest BCUT2D eigenvalue weighted by molar-refractivity contribution is 0.303. The quantitative estimate of drug-likeness (QED) is 0.559. The largest absolute Gasteiger partial charge is 0.491 e. The molecule has 0 saturated heterocycles. The molecule has 3 rings (SSSR count). The average Bonchev–Trinajstić information content (AvgIpc) is 2.91. The second-order valence-corrected chi connectivity index (χ2v) is 5.83. The lowest BCUT2D eigenvalue weighted by atomic mass is 10.1. The van der Waals surface area contributed by atoms with Crippen LogP contribution in [-0.2, 0) is 6.54 Å². The zero-order valence-corrected chi connectivity index (χ0v) is 13.6. The Bertz CT molecular complexity index is 810. The van der Waals surface area contributed by atoms with Crippen molar-refractivity contribution in [3.63, 3.8) is 0 Å². The van der Waals surface area contributed by atoms with Gasteiger partial charge in [0.2, 0.25) is 0 Å². The van der Waals surface area contributed by atoms with E-state index in [2.05, 4.69) is 36.3 Å². The monoisotopic (exact) mass is 310 g/mol. The van der Waals surface area contributed by atoms with E-state index >= 15 is 0 Å². The van der Waals surface area contributed by atoms with Gasteiger partial charge in [0.15, 0.2) is 0 Å². The predicted molar refractivity (Wildman–Crippen MR) is 92.6 cm³/mol. The number of nitrogens with zero attached hydrogens (tertiary/aromatic N) is 3. The number of rotatable bonds is 6.